The fraction of sp³-hybridized carbons (Fsp3) is 0.900. The largest absolute Gasteiger partial charge is 0.480 e. The molecule has 0 aliphatic heterocycles. The number of aliphatic carboxylic acids is 1. The molecule has 0 aromatic carbocycles. The first kappa shape index (κ1) is 15.4. The van der Waals surface area contributed by atoms with Crippen molar-refractivity contribution < 1.29 is 18.3 Å². The lowest BCUT2D eigenvalue weighted by Gasteiger charge is -2.22. The van der Waals surface area contributed by atoms with E-state index in [9.17, 15) is 13.2 Å². The zero-order chi connectivity index (χ0) is 12.9. The van der Waals surface area contributed by atoms with Crippen LogP contribution in [0.2, 0.25) is 0 Å². The monoisotopic (exact) mass is 251 g/mol. The summed E-state index contributed by atoms with van der Waals surface area (Å²) in [6.45, 7) is 5.22. The van der Waals surface area contributed by atoms with E-state index in [-0.39, 0.29) is 11.7 Å². The molecule has 2 atom stereocenters. The maximum Gasteiger partial charge on any atom is 0.321 e. The van der Waals surface area contributed by atoms with Crippen molar-refractivity contribution in [2.24, 2.45) is 5.92 Å². The van der Waals surface area contributed by atoms with Gasteiger partial charge in [0.05, 0.1) is 5.75 Å². The Morgan fingerprint density at radius 3 is 2.25 bits per heavy atom. The van der Waals surface area contributed by atoms with Crippen molar-refractivity contribution in [2.75, 3.05) is 12.8 Å². The number of sulfonamides is 1. The highest BCUT2D eigenvalue weighted by Gasteiger charge is 2.28. The van der Waals surface area contributed by atoms with Crippen LogP contribution in [0.4, 0.5) is 0 Å². The number of nitrogens with zero attached hydrogens (tertiary/aromatic N) is 1. The smallest absolute Gasteiger partial charge is 0.321 e. The van der Waals surface area contributed by atoms with Gasteiger partial charge in [0.2, 0.25) is 10.0 Å². The third-order valence-electron chi connectivity index (χ3n) is 2.62. The third-order valence-corrected chi connectivity index (χ3v) is 4.80. The molecule has 0 spiro atoms. The molecule has 0 saturated heterocycles. The number of rotatable bonds is 7. The van der Waals surface area contributed by atoms with E-state index in [1.807, 2.05) is 13.8 Å². The van der Waals surface area contributed by atoms with E-state index in [2.05, 4.69) is 0 Å². The van der Waals surface area contributed by atoms with Crippen LogP contribution in [0, 0.1) is 5.92 Å². The molecule has 0 aromatic heterocycles. The van der Waals surface area contributed by atoms with Crippen molar-refractivity contribution in [1.82, 2.24) is 4.31 Å². The Kier molecular flexibility index (Phi) is 5.96. The van der Waals surface area contributed by atoms with E-state index in [4.69, 9.17) is 5.11 Å². The van der Waals surface area contributed by atoms with Gasteiger partial charge in [0.1, 0.15) is 6.04 Å². The Labute approximate surface area is 97.5 Å². The van der Waals surface area contributed by atoms with Crippen LogP contribution < -0.4 is 0 Å². The van der Waals surface area contributed by atoms with Gasteiger partial charge in [-0.1, -0.05) is 20.3 Å². The molecule has 0 aliphatic carbocycles. The summed E-state index contributed by atoms with van der Waals surface area (Å²) in [6.07, 6.45) is 1.75. The Morgan fingerprint density at radius 2 is 1.88 bits per heavy atom. The van der Waals surface area contributed by atoms with Crippen molar-refractivity contribution in [1.29, 1.82) is 0 Å². The Morgan fingerprint density at radius 1 is 1.38 bits per heavy atom. The van der Waals surface area contributed by atoms with E-state index in [0.717, 1.165) is 17.1 Å². The van der Waals surface area contributed by atoms with Crippen LogP contribution in [0.25, 0.3) is 0 Å². The zero-order valence-corrected chi connectivity index (χ0v) is 11.1. The van der Waals surface area contributed by atoms with E-state index in [0.29, 0.717) is 0 Å². The number of carboxylic acids is 1. The average molecular weight is 251 g/mol. The van der Waals surface area contributed by atoms with Gasteiger partial charge in [-0.2, -0.15) is 4.31 Å². The minimum atomic E-state index is -3.47. The molecule has 0 heterocycles. The minimum absolute atomic E-state index is 0.00889. The summed E-state index contributed by atoms with van der Waals surface area (Å²) in [6, 6.07) is -1.01. The maximum absolute atomic E-state index is 11.8. The second-order valence-corrected chi connectivity index (χ2v) is 6.28. The number of carboxylic acid groups (broad SMARTS) is 1. The van der Waals surface area contributed by atoms with Crippen LogP contribution in [0.15, 0.2) is 0 Å². The van der Waals surface area contributed by atoms with Crippen LogP contribution in [0.3, 0.4) is 0 Å². The van der Waals surface area contributed by atoms with Gasteiger partial charge >= 0.3 is 5.97 Å². The van der Waals surface area contributed by atoms with Crippen molar-refractivity contribution in [3.63, 3.8) is 0 Å². The topological polar surface area (TPSA) is 74.7 Å². The summed E-state index contributed by atoms with van der Waals surface area (Å²) < 4.78 is 24.6. The van der Waals surface area contributed by atoms with Gasteiger partial charge in [0.15, 0.2) is 0 Å². The number of hydrogen-bond acceptors (Lipinski definition) is 3. The van der Waals surface area contributed by atoms with Crippen LogP contribution >= 0.6 is 0 Å². The molecule has 0 aromatic rings. The zero-order valence-electron chi connectivity index (χ0n) is 10.3. The predicted octanol–water partition coefficient (Wildman–Crippen LogP) is 1.16. The lowest BCUT2D eigenvalue weighted by atomic mass is 10.1. The van der Waals surface area contributed by atoms with Gasteiger partial charge in [-0.15, -0.1) is 0 Å². The second-order valence-electron chi connectivity index (χ2n) is 4.20. The highest BCUT2D eigenvalue weighted by Crippen LogP contribution is 2.13. The molecule has 0 aliphatic rings. The van der Waals surface area contributed by atoms with Crippen molar-refractivity contribution >= 4 is 16.0 Å². The fourth-order valence-electron chi connectivity index (χ4n) is 1.45. The first-order valence-corrected chi connectivity index (χ1v) is 7.01. The Hall–Kier alpha value is -0.620. The minimum Gasteiger partial charge on any atom is -0.480 e. The molecule has 16 heavy (non-hydrogen) atoms. The highest BCUT2D eigenvalue weighted by molar-refractivity contribution is 7.89. The predicted molar refractivity (Wildman–Crippen MR) is 62.7 cm³/mol. The van der Waals surface area contributed by atoms with Gasteiger partial charge < -0.3 is 5.11 Å². The standard InChI is InChI=1S/C10H21NO4S/c1-5-6-8(2)7-16(14,15)11(4)9(3)10(12)13/h8-9H,5-7H2,1-4H3,(H,12,13). The molecule has 96 valence electrons. The highest BCUT2D eigenvalue weighted by atomic mass is 32.2. The van der Waals surface area contributed by atoms with Crippen molar-refractivity contribution in [3.8, 4) is 0 Å². The van der Waals surface area contributed by atoms with Crippen LogP contribution in [-0.2, 0) is 14.8 Å². The van der Waals surface area contributed by atoms with Crippen LogP contribution in [-0.4, -0.2) is 42.6 Å². The van der Waals surface area contributed by atoms with Gasteiger partial charge in [0, 0.05) is 7.05 Å². The molecule has 5 nitrogen and oxygen atoms in total. The third kappa shape index (κ3) is 4.49. The number of likely N-dealkylation sites (N-methyl/N-ethyl adjacent to an activating group) is 1. The van der Waals surface area contributed by atoms with Gasteiger partial charge in [-0.05, 0) is 19.3 Å². The van der Waals surface area contributed by atoms with Crippen molar-refractivity contribution in [3.05, 3.63) is 0 Å². The SMILES string of the molecule is CCCC(C)CS(=O)(=O)N(C)C(C)C(=O)O. The molecule has 0 fully saturated rings. The van der Waals surface area contributed by atoms with Gasteiger partial charge in [-0.25, -0.2) is 8.42 Å². The molecular weight excluding hydrogens is 230 g/mol. The van der Waals surface area contributed by atoms with E-state index < -0.39 is 22.0 Å². The quantitative estimate of drug-likeness (QED) is 0.736. The summed E-state index contributed by atoms with van der Waals surface area (Å²) in [5, 5.41) is 8.75. The molecule has 0 saturated carbocycles. The summed E-state index contributed by atoms with van der Waals surface area (Å²) in [5.41, 5.74) is 0. The summed E-state index contributed by atoms with van der Waals surface area (Å²) >= 11 is 0. The van der Waals surface area contributed by atoms with Crippen LogP contribution in [0.1, 0.15) is 33.6 Å². The van der Waals surface area contributed by atoms with Gasteiger partial charge in [0.25, 0.3) is 0 Å². The van der Waals surface area contributed by atoms with E-state index in [1.165, 1.54) is 14.0 Å². The average Bonchev–Trinajstić information content (AvgIpc) is 2.14. The second kappa shape index (κ2) is 6.20. The molecule has 0 amide bonds. The van der Waals surface area contributed by atoms with E-state index >= 15 is 0 Å². The molecule has 0 bridgehead atoms. The molecule has 6 heteroatoms. The number of hydrogen-bond donors (Lipinski definition) is 1. The summed E-state index contributed by atoms with van der Waals surface area (Å²) in [5.74, 6) is -1.07. The normalized spacial score (nSPS) is 16.1. The first-order valence-electron chi connectivity index (χ1n) is 5.40. The summed E-state index contributed by atoms with van der Waals surface area (Å²) in [7, 11) is -2.16. The lowest BCUT2D eigenvalue weighted by Crippen LogP contribution is -2.42. The molecule has 0 rings (SSSR count). The first-order chi connectivity index (χ1) is 7.22. The number of carbonyl (C=O) groups is 1. The lowest BCUT2D eigenvalue weighted by molar-refractivity contribution is -0.140. The molecule has 2 unspecified atom stereocenters. The molecule has 1 N–H and O–H groups in total. The fourth-order valence-corrected chi connectivity index (χ4v) is 3.14. The Bertz CT molecular complexity index is 326. The molecule has 0 radical (unpaired) electrons. The molecular formula is C10H21NO4S. The van der Waals surface area contributed by atoms with Crippen molar-refractivity contribution in [2.45, 2.75) is 39.7 Å². The Balaban J connectivity index is 4.60. The van der Waals surface area contributed by atoms with Gasteiger partial charge in [-0.3, -0.25) is 4.79 Å². The van der Waals surface area contributed by atoms with Crippen LogP contribution in [0.5, 0.6) is 0 Å². The summed E-state index contributed by atoms with van der Waals surface area (Å²) in [4.78, 5) is 10.7. The van der Waals surface area contributed by atoms with E-state index in [1.54, 1.807) is 0 Å². The maximum atomic E-state index is 11.8.